The summed E-state index contributed by atoms with van der Waals surface area (Å²) in [5.41, 5.74) is 9.25. The Labute approximate surface area is 125 Å². The van der Waals surface area contributed by atoms with E-state index in [1.165, 1.54) is 17.7 Å². The fourth-order valence-electron chi connectivity index (χ4n) is 3.13. The number of fused-ring (bicyclic) bond motifs is 1. The van der Waals surface area contributed by atoms with Gasteiger partial charge in [-0.25, -0.2) is 4.98 Å². The number of nitrogens with two attached hydrogens (primary N) is 1. The molecule has 0 spiro atoms. The molecule has 0 saturated heterocycles. The standard InChI is InChI=1S/C15H21N3OS/c16-14(20)12-9-10-3-1-6-13(10)17-15(12)18(7-8-19)11-4-2-5-11/h9,11,19H,1-8H2,(H2,16,20). The summed E-state index contributed by atoms with van der Waals surface area (Å²) in [6, 6.07) is 2.60. The van der Waals surface area contributed by atoms with E-state index in [4.69, 9.17) is 22.9 Å². The number of anilines is 1. The minimum absolute atomic E-state index is 0.131. The number of pyridine rings is 1. The van der Waals surface area contributed by atoms with Crippen molar-refractivity contribution in [2.75, 3.05) is 18.1 Å². The maximum atomic E-state index is 9.36. The van der Waals surface area contributed by atoms with E-state index >= 15 is 0 Å². The Bertz CT molecular complexity index is 528. The summed E-state index contributed by atoms with van der Waals surface area (Å²) in [5, 5.41) is 9.36. The summed E-state index contributed by atoms with van der Waals surface area (Å²) in [7, 11) is 0. The molecule has 3 N–H and O–H groups in total. The van der Waals surface area contributed by atoms with Crippen LogP contribution in [-0.4, -0.2) is 34.3 Å². The third-order valence-electron chi connectivity index (χ3n) is 4.42. The fraction of sp³-hybridized carbons (Fsp3) is 0.600. The van der Waals surface area contributed by atoms with E-state index in [0.717, 1.165) is 43.5 Å². The number of aliphatic hydroxyl groups is 1. The van der Waals surface area contributed by atoms with E-state index in [1.807, 2.05) is 0 Å². The third-order valence-corrected chi connectivity index (χ3v) is 4.64. The Morgan fingerprint density at radius 2 is 2.20 bits per heavy atom. The van der Waals surface area contributed by atoms with Crippen molar-refractivity contribution < 1.29 is 5.11 Å². The van der Waals surface area contributed by atoms with E-state index in [1.54, 1.807) is 0 Å². The van der Waals surface area contributed by atoms with Crippen LogP contribution in [0.5, 0.6) is 0 Å². The molecule has 2 aliphatic rings. The Kier molecular flexibility index (Phi) is 3.89. The lowest BCUT2D eigenvalue weighted by Gasteiger charge is -2.39. The van der Waals surface area contributed by atoms with Gasteiger partial charge in [0.1, 0.15) is 10.8 Å². The Morgan fingerprint density at radius 1 is 1.40 bits per heavy atom. The molecule has 1 aromatic heterocycles. The van der Waals surface area contributed by atoms with Gasteiger partial charge < -0.3 is 15.7 Å². The highest BCUT2D eigenvalue weighted by Crippen LogP contribution is 2.33. The van der Waals surface area contributed by atoms with Crippen LogP contribution >= 0.6 is 12.2 Å². The van der Waals surface area contributed by atoms with Gasteiger partial charge in [-0.2, -0.15) is 0 Å². The van der Waals surface area contributed by atoms with Gasteiger partial charge >= 0.3 is 0 Å². The molecule has 5 heteroatoms. The zero-order valence-electron chi connectivity index (χ0n) is 11.6. The van der Waals surface area contributed by atoms with Gasteiger partial charge in [-0.05, 0) is 50.2 Å². The molecule has 4 nitrogen and oxygen atoms in total. The molecule has 20 heavy (non-hydrogen) atoms. The van der Waals surface area contributed by atoms with Crippen molar-refractivity contribution in [2.24, 2.45) is 5.73 Å². The maximum Gasteiger partial charge on any atom is 0.139 e. The first-order chi connectivity index (χ1) is 9.70. The molecule has 1 fully saturated rings. The summed E-state index contributed by atoms with van der Waals surface area (Å²) >= 11 is 5.21. The lowest BCUT2D eigenvalue weighted by Crippen LogP contribution is -2.43. The average molecular weight is 291 g/mol. The van der Waals surface area contributed by atoms with Gasteiger partial charge in [0, 0.05) is 18.3 Å². The maximum absolute atomic E-state index is 9.36. The van der Waals surface area contributed by atoms with Gasteiger partial charge in [0.25, 0.3) is 0 Å². The first-order valence-electron chi connectivity index (χ1n) is 7.41. The third kappa shape index (κ3) is 2.40. The SMILES string of the molecule is NC(=S)c1cc2c(nc1N(CCO)C1CCC1)CCC2. The topological polar surface area (TPSA) is 62.4 Å². The lowest BCUT2D eigenvalue weighted by atomic mass is 9.91. The number of thiocarbonyl (C=S) groups is 1. The molecular formula is C15H21N3OS. The first kappa shape index (κ1) is 13.8. The zero-order valence-corrected chi connectivity index (χ0v) is 12.5. The summed E-state index contributed by atoms with van der Waals surface area (Å²) in [6.07, 6.45) is 6.84. The van der Waals surface area contributed by atoms with Crippen molar-refractivity contribution in [2.45, 2.75) is 44.6 Å². The highest BCUT2D eigenvalue weighted by molar-refractivity contribution is 7.80. The molecule has 0 aromatic carbocycles. The Morgan fingerprint density at radius 3 is 2.80 bits per heavy atom. The molecule has 0 aliphatic heterocycles. The van der Waals surface area contributed by atoms with Crippen LogP contribution in [-0.2, 0) is 12.8 Å². The predicted octanol–water partition coefficient (Wildman–Crippen LogP) is 1.56. The minimum Gasteiger partial charge on any atom is -0.395 e. The second-order valence-electron chi connectivity index (χ2n) is 5.68. The van der Waals surface area contributed by atoms with Crippen LogP contribution in [0.15, 0.2) is 6.07 Å². The van der Waals surface area contributed by atoms with Crippen molar-refractivity contribution in [3.05, 3.63) is 22.9 Å². The van der Waals surface area contributed by atoms with Crippen molar-refractivity contribution >= 4 is 23.0 Å². The second kappa shape index (κ2) is 5.66. The first-order valence-corrected chi connectivity index (χ1v) is 7.81. The molecule has 1 saturated carbocycles. The van der Waals surface area contributed by atoms with Crippen LogP contribution in [0.4, 0.5) is 5.82 Å². The van der Waals surface area contributed by atoms with E-state index in [0.29, 0.717) is 17.6 Å². The quantitative estimate of drug-likeness (QED) is 0.806. The molecule has 2 aliphatic carbocycles. The van der Waals surface area contributed by atoms with Gasteiger partial charge in [-0.1, -0.05) is 12.2 Å². The molecule has 0 radical (unpaired) electrons. The van der Waals surface area contributed by atoms with Gasteiger partial charge in [0.15, 0.2) is 0 Å². The second-order valence-corrected chi connectivity index (χ2v) is 6.12. The molecule has 1 aromatic rings. The predicted molar refractivity (Wildman–Crippen MR) is 84.2 cm³/mol. The summed E-state index contributed by atoms with van der Waals surface area (Å²) in [4.78, 5) is 7.46. The van der Waals surface area contributed by atoms with Crippen molar-refractivity contribution in [3.8, 4) is 0 Å². The van der Waals surface area contributed by atoms with E-state index < -0.39 is 0 Å². The van der Waals surface area contributed by atoms with Crippen LogP contribution < -0.4 is 10.6 Å². The molecule has 108 valence electrons. The molecular weight excluding hydrogens is 270 g/mol. The molecule has 1 heterocycles. The summed E-state index contributed by atoms with van der Waals surface area (Å²) in [6.45, 7) is 0.734. The van der Waals surface area contributed by atoms with E-state index in [-0.39, 0.29) is 6.61 Å². The smallest absolute Gasteiger partial charge is 0.139 e. The summed E-state index contributed by atoms with van der Waals surface area (Å²) < 4.78 is 0. The normalized spacial score (nSPS) is 17.6. The molecule has 3 rings (SSSR count). The molecule has 0 bridgehead atoms. The highest BCUT2D eigenvalue weighted by atomic mass is 32.1. The van der Waals surface area contributed by atoms with Crippen molar-refractivity contribution in [3.63, 3.8) is 0 Å². The number of hydrogen-bond acceptors (Lipinski definition) is 4. The number of nitrogens with zero attached hydrogens (tertiary/aromatic N) is 2. The largest absolute Gasteiger partial charge is 0.395 e. The van der Waals surface area contributed by atoms with Crippen molar-refractivity contribution in [1.82, 2.24) is 4.98 Å². The Hall–Kier alpha value is -1.20. The number of aromatic nitrogens is 1. The minimum atomic E-state index is 0.131. The zero-order chi connectivity index (χ0) is 14.1. The number of aryl methyl sites for hydroxylation is 2. The van der Waals surface area contributed by atoms with Crippen LogP contribution in [0.25, 0.3) is 0 Å². The molecule has 0 unspecified atom stereocenters. The average Bonchev–Trinajstić information content (AvgIpc) is 2.81. The fourth-order valence-corrected chi connectivity index (χ4v) is 3.28. The molecule has 0 amide bonds. The Balaban J connectivity index is 2.02. The number of hydrogen-bond donors (Lipinski definition) is 2. The van der Waals surface area contributed by atoms with Crippen LogP contribution in [0.1, 0.15) is 42.5 Å². The number of aliphatic hydroxyl groups excluding tert-OH is 1. The van der Waals surface area contributed by atoms with Crippen LogP contribution in [0.2, 0.25) is 0 Å². The van der Waals surface area contributed by atoms with Crippen molar-refractivity contribution in [1.29, 1.82) is 0 Å². The van der Waals surface area contributed by atoms with Gasteiger partial charge in [-0.15, -0.1) is 0 Å². The van der Waals surface area contributed by atoms with Crippen LogP contribution in [0.3, 0.4) is 0 Å². The van der Waals surface area contributed by atoms with E-state index in [9.17, 15) is 5.11 Å². The number of rotatable bonds is 5. The van der Waals surface area contributed by atoms with E-state index in [2.05, 4.69) is 11.0 Å². The van der Waals surface area contributed by atoms with Gasteiger partial charge in [0.2, 0.25) is 0 Å². The summed E-state index contributed by atoms with van der Waals surface area (Å²) in [5.74, 6) is 0.886. The van der Waals surface area contributed by atoms with Gasteiger partial charge in [-0.3, -0.25) is 0 Å². The molecule has 0 atom stereocenters. The lowest BCUT2D eigenvalue weighted by molar-refractivity contribution is 0.283. The van der Waals surface area contributed by atoms with Gasteiger partial charge in [0.05, 0.1) is 12.2 Å². The van der Waals surface area contributed by atoms with Crippen LogP contribution in [0, 0.1) is 0 Å². The highest BCUT2D eigenvalue weighted by Gasteiger charge is 2.29. The monoisotopic (exact) mass is 291 g/mol.